The number of thiophene rings is 1. The van der Waals surface area contributed by atoms with Crippen molar-refractivity contribution >= 4 is 35.1 Å². The molecule has 3 rings (SSSR count). The normalized spacial score (nSPS) is 11.9. The number of nitrogens with zero attached hydrogens (tertiary/aromatic N) is 2. The fourth-order valence-electron chi connectivity index (χ4n) is 2.44. The van der Waals surface area contributed by atoms with Crippen LogP contribution in [0.2, 0.25) is 0 Å². The van der Waals surface area contributed by atoms with Crippen LogP contribution in [0.3, 0.4) is 0 Å². The second-order valence-electron chi connectivity index (χ2n) is 5.33. The predicted molar refractivity (Wildman–Crippen MR) is 102 cm³/mol. The van der Waals surface area contributed by atoms with E-state index in [1.807, 2.05) is 42.6 Å². The van der Waals surface area contributed by atoms with Crippen LogP contribution >= 0.6 is 23.6 Å². The lowest BCUT2D eigenvalue weighted by Gasteiger charge is -2.15. The van der Waals surface area contributed by atoms with Crippen molar-refractivity contribution in [1.82, 2.24) is 14.8 Å². The fourth-order valence-corrected chi connectivity index (χ4v) is 3.44. The largest absolute Gasteiger partial charge is 0.494 e. The summed E-state index contributed by atoms with van der Waals surface area (Å²) in [5.74, 6) is 1.20. The van der Waals surface area contributed by atoms with Crippen LogP contribution < -0.4 is 10.1 Å². The molecular weight excluding hydrogens is 356 g/mol. The zero-order chi connectivity index (χ0) is 17.8. The average Bonchev–Trinajstić information content (AvgIpc) is 3.24. The summed E-state index contributed by atoms with van der Waals surface area (Å²) >= 11 is 6.86. The number of rotatable bonds is 6. The van der Waals surface area contributed by atoms with Gasteiger partial charge in [-0.2, -0.15) is 5.10 Å². The summed E-state index contributed by atoms with van der Waals surface area (Å²) in [4.78, 5) is 13.6. The molecule has 130 valence electrons. The van der Waals surface area contributed by atoms with Crippen LogP contribution in [-0.4, -0.2) is 27.3 Å². The standard InChI is InChI=1S/C17H18N4O2S2/c1-3-23-13-7-4-6-12(10-13)18-16(22)11(2)21-15(19-20-17(21)24)14-8-5-9-25-14/h4-11H,3H2,1-2H3,(H,18,22)(H,20,24). The van der Waals surface area contributed by atoms with Crippen molar-refractivity contribution in [2.75, 3.05) is 11.9 Å². The number of benzene rings is 1. The Labute approximate surface area is 154 Å². The molecule has 0 bridgehead atoms. The van der Waals surface area contributed by atoms with E-state index in [-0.39, 0.29) is 5.91 Å². The topological polar surface area (TPSA) is 71.9 Å². The zero-order valence-electron chi connectivity index (χ0n) is 13.9. The van der Waals surface area contributed by atoms with Gasteiger partial charge in [0.25, 0.3) is 0 Å². The maximum atomic E-state index is 12.7. The number of amides is 1. The molecule has 0 radical (unpaired) electrons. The van der Waals surface area contributed by atoms with E-state index >= 15 is 0 Å². The smallest absolute Gasteiger partial charge is 0.247 e. The molecule has 0 aliphatic heterocycles. The Morgan fingerprint density at radius 2 is 2.28 bits per heavy atom. The van der Waals surface area contributed by atoms with Crippen LogP contribution in [0.1, 0.15) is 19.9 Å². The molecule has 0 saturated heterocycles. The summed E-state index contributed by atoms with van der Waals surface area (Å²) in [5.41, 5.74) is 0.676. The number of nitrogens with one attached hydrogen (secondary N) is 2. The van der Waals surface area contributed by atoms with E-state index in [1.54, 1.807) is 28.9 Å². The highest BCUT2D eigenvalue weighted by Crippen LogP contribution is 2.26. The van der Waals surface area contributed by atoms with Crippen molar-refractivity contribution < 1.29 is 9.53 Å². The van der Waals surface area contributed by atoms with Crippen molar-refractivity contribution in [1.29, 1.82) is 0 Å². The molecule has 6 nitrogen and oxygen atoms in total. The van der Waals surface area contributed by atoms with Crippen LogP contribution in [0.25, 0.3) is 10.7 Å². The van der Waals surface area contributed by atoms with Crippen LogP contribution in [0, 0.1) is 4.77 Å². The third-order valence-corrected chi connectivity index (χ3v) is 4.78. The number of carbonyl (C=O) groups is 1. The molecule has 3 aromatic rings. The lowest BCUT2D eigenvalue weighted by Crippen LogP contribution is -2.24. The van der Waals surface area contributed by atoms with Crippen molar-refractivity contribution in [3.63, 3.8) is 0 Å². The Hall–Kier alpha value is -2.45. The minimum absolute atomic E-state index is 0.177. The van der Waals surface area contributed by atoms with Gasteiger partial charge in [0.05, 0.1) is 11.5 Å². The van der Waals surface area contributed by atoms with E-state index in [1.165, 1.54) is 0 Å². The van der Waals surface area contributed by atoms with Gasteiger partial charge in [-0.25, -0.2) is 0 Å². The lowest BCUT2D eigenvalue weighted by atomic mass is 10.2. The number of hydrogen-bond acceptors (Lipinski definition) is 5. The first-order valence-corrected chi connectivity index (χ1v) is 9.13. The van der Waals surface area contributed by atoms with Crippen molar-refractivity contribution in [2.45, 2.75) is 19.9 Å². The molecular formula is C17H18N4O2S2. The van der Waals surface area contributed by atoms with Gasteiger partial charge in [-0.3, -0.25) is 14.5 Å². The van der Waals surface area contributed by atoms with Gasteiger partial charge < -0.3 is 10.1 Å². The molecule has 1 unspecified atom stereocenters. The number of H-pyrrole nitrogens is 1. The van der Waals surface area contributed by atoms with E-state index in [0.717, 1.165) is 4.88 Å². The maximum Gasteiger partial charge on any atom is 0.247 e. The Bertz CT molecular complexity index is 915. The van der Waals surface area contributed by atoms with Crippen LogP contribution in [0.4, 0.5) is 5.69 Å². The van der Waals surface area contributed by atoms with E-state index in [4.69, 9.17) is 17.0 Å². The van der Waals surface area contributed by atoms with Crippen LogP contribution in [0.5, 0.6) is 5.75 Å². The number of hydrogen-bond donors (Lipinski definition) is 2. The third kappa shape index (κ3) is 3.80. The van der Waals surface area contributed by atoms with Gasteiger partial charge in [0.1, 0.15) is 11.8 Å². The molecule has 2 heterocycles. The second-order valence-corrected chi connectivity index (χ2v) is 6.66. The van der Waals surface area contributed by atoms with Gasteiger partial charge in [-0.15, -0.1) is 11.3 Å². The van der Waals surface area contributed by atoms with Gasteiger partial charge in [0, 0.05) is 11.8 Å². The number of aromatic nitrogens is 3. The maximum absolute atomic E-state index is 12.7. The van der Waals surface area contributed by atoms with E-state index in [9.17, 15) is 4.79 Å². The van der Waals surface area contributed by atoms with Crippen LogP contribution in [-0.2, 0) is 4.79 Å². The Morgan fingerprint density at radius 1 is 1.44 bits per heavy atom. The summed E-state index contributed by atoms with van der Waals surface area (Å²) in [6.07, 6.45) is 0. The average molecular weight is 374 g/mol. The molecule has 25 heavy (non-hydrogen) atoms. The zero-order valence-corrected chi connectivity index (χ0v) is 15.5. The van der Waals surface area contributed by atoms with Gasteiger partial charge in [0.2, 0.25) is 5.91 Å². The Kier molecular flexibility index (Phi) is 5.30. The minimum atomic E-state index is -0.515. The molecule has 8 heteroatoms. The quantitative estimate of drug-likeness (QED) is 0.632. The lowest BCUT2D eigenvalue weighted by molar-refractivity contribution is -0.118. The number of aromatic amines is 1. The molecule has 0 saturated carbocycles. The van der Waals surface area contributed by atoms with Gasteiger partial charge >= 0.3 is 0 Å². The Morgan fingerprint density at radius 3 is 3.00 bits per heavy atom. The molecule has 2 aromatic heterocycles. The number of carbonyl (C=O) groups excluding carboxylic acids is 1. The van der Waals surface area contributed by atoms with Gasteiger partial charge in [-0.1, -0.05) is 12.1 Å². The van der Waals surface area contributed by atoms with E-state index in [2.05, 4.69) is 15.5 Å². The summed E-state index contributed by atoms with van der Waals surface area (Å²) in [6.45, 7) is 4.28. The summed E-state index contributed by atoms with van der Waals surface area (Å²) in [5, 5.41) is 11.9. The number of ether oxygens (including phenoxy) is 1. The molecule has 1 amide bonds. The second kappa shape index (κ2) is 7.62. The molecule has 0 spiro atoms. The van der Waals surface area contributed by atoms with Crippen molar-refractivity contribution in [2.24, 2.45) is 0 Å². The summed E-state index contributed by atoms with van der Waals surface area (Å²) < 4.78 is 7.60. The monoisotopic (exact) mass is 374 g/mol. The first-order chi connectivity index (χ1) is 12.1. The SMILES string of the molecule is CCOc1cccc(NC(=O)C(C)n2c(-c3cccs3)n[nH]c2=S)c1. The van der Waals surface area contributed by atoms with E-state index in [0.29, 0.717) is 28.6 Å². The molecule has 2 N–H and O–H groups in total. The highest BCUT2D eigenvalue weighted by atomic mass is 32.1. The predicted octanol–water partition coefficient (Wildman–Crippen LogP) is 4.27. The molecule has 1 atom stereocenters. The highest BCUT2D eigenvalue weighted by Gasteiger charge is 2.21. The first-order valence-electron chi connectivity index (χ1n) is 7.84. The fraction of sp³-hybridized carbons (Fsp3) is 0.235. The van der Waals surface area contributed by atoms with Gasteiger partial charge in [0.15, 0.2) is 10.6 Å². The Balaban J connectivity index is 1.83. The van der Waals surface area contributed by atoms with Gasteiger partial charge in [-0.05, 0) is 49.6 Å². The van der Waals surface area contributed by atoms with Crippen molar-refractivity contribution in [3.05, 3.63) is 46.5 Å². The van der Waals surface area contributed by atoms with Crippen molar-refractivity contribution in [3.8, 4) is 16.5 Å². The molecule has 0 aliphatic rings. The van der Waals surface area contributed by atoms with E-state index < -0.39 is 6.04 Å². The first kappa shape index (κ1) is 17.4. The highest BCUT2D eigenvalue weighted by molar-refractivity contribution is 7.71. The summed E-state index contributed by atoms with van der Waals surface area (Å²) in [7, 11) is 0. The molecule has 0 aliphatic carbocycles. The van der Waals surface area contributed by atoms with Crippen LogP contribution in [0.15, 0.2) is 41.8 Å². The summed E-state index contributed by atoms with van der Waals surface area (Å²) in [6, 6.07) is 10.7. The molecule has 1 aromatic carbocycles. The minimum Gasteiger partial charge on any atom is -0.494 e. The number of anilines is 1. The molecule has 0 fully saturated rings. The third-order valence-electron chi connectivity index (χ3n) is 3.63.